The molecule has 3 rings (SSSR count). The molecule has 6 nitrogen and oxygen atoms in total. The van der Waals surface area contributed by atoms with Crippen LogP contribution < -0.4 is 0 Å². The van der Waals surface area contributed by atoms with Crippen molar-refractivity contribution < 1.29 is 4.79 Å². The molecule has 3 heterocycles. The topological polar surface area (TPSA) is 44.6 Å². The Hall–Kier alpha value is -1.40. The fourth-order valence-corrected chi connectivity index (χ4v) is 4.41. The molecule has 0 N–H and O–H groups in total. The van der Waals surface area contributed by atoms with Crippen LogP contribution in [0.1, 0.15) is 43.8 Å². The van der Waals surface area contributed by atoms with E-state index >= 15 is 0 Å². The fourth-order valence-electron chi connectivity index (χ4n) is 4.41. The minimum Gasteiger partial charge on any atom is -0.342 e. The Kier molecular flexibility index (Phi) is 6.70. The molecule has 1 aromatic heterocycles. The number of hydrogen-bond acceptors (Lipinski definition) is 4. The normalized spacial score (nSPS) is 22.9. The van der Waals surface area contributed by atoms with Gasteiger partial charge in [-0.2, -0.15) is 0 Å². The van der Waals surface area contributed by atoms with E-state index in [1.807, 2.05) is 6.20 Å². The van der Waals surface area contributed by atoms with E-state index < -0.39 is 0 Å². The molecular formula is C20H35N5O. The first-order chi connectivity index (χ1) is 12.5. The molecule has 1 atom stereocenters. The molecule has 2 aliphatic heterocycles. The van der Waals surface area contributed by atoms with Gasteiger partial charge in [-0.25, -0.2) is 4.98 Å². The van der Waals surface area contributed by atoms with E-state index in [2.05, 4.69) is 51.6 Å². The summed E-state index contributed by atoms with van der Waals surface area (Å²) in [5, 5.41) is 0. The van der Waals surface area contributed by atoms with Gasteiger partial charge < -0.3 is 19.3 Å². The fraction of sp³-hybridized carbons (Fsp3) is 0.800. The van der Waals surface area contributed by atoms with E-state index in [-0.39, 0.29) is 5.92 Å². The van der Waals surface area contributed by atoms with Gasteiger partial charge in [0.25, 0.3) is 0 Å². The highest BCUT2D eigenvalue weighted by Crippen LogP contribution is 2.29. The van der Waals surface area contributed by atoms with Crippen LogP contribution in [0.2, 0.25) is 0 Å². The highest BCUT2D eigenvalue weighted by atomic mass is 16.2. The Morgan fingerprint density at radius 2 is 2.00 bits per heavy atom. The van der Waals surface area contributed by atoms with Crippen molar-refractivity contribution in [3.63, 3.8) is 0 Å². The SMILES string of the molecule is CN(C)CCCn1ccnc1C1CCN(C(=O)[C@@H]2CCCN(C)C2)CC1. The maximum Gasteiger partial charge on any atom is 0.226 e. The molecule has 146 valence electrons. The summed E-state index contributed by atoms with van der Waals surface area (Å²) in [7, 11) is 6.36. The molecule has 2 aliphatic rings. The second kappa shape index (κ2) is 9.00. The number of aromatic nitrogens is 2. The molecule has 1 amide bonds. The molecule has 0 spiro atoms. The van der Waals surface area contributed by atoms with Crippen molar-refractivity contribution in [2.45, 2.75) is 44.6 Å². The van der Waals surface area contributed by atoms with E-state index in [0.29, 0.717) is 11.8 Å². The molecule has 1 aromatic rings. The number of hydrogen-bond donors (Lipinski definition) is 0. The molecule has 2 fully saturated rings. The Morgan fingerprint density at radius 3 is 2.69 bits per heavy atom. The molecule has 0 radical (unpaired) electrons. The lowest BCUT2D eigenvalue weighted by atomic mass is 9.92. The first-order valence-corrected chi connectivity index (χ1v) is 10.2. The predicted octanol–water partition coefficient (Wildman–Crippen LogP) is 1.88. The number of rotatable bonds is 6. The number of imidazole rings is 1. The maximum atomic E-state index is 12.8. The van der Waals surface area contributed by atoms with Gasteiger partial charge in [0.05, 0.1) is 5.92 Å². The quantitative estimate of drug-likeness (QED) is 0.776. The molecule has 0 aliphatic carbocycles. The lowest BCUT2D eigenvalue weighted by Crippen LogP contribution is -2.46. The van der Waals surface area contributed by atoms with Gasteiger partial charge >= 0.3 is 0 Å². The van der Waals surface area contributed by atoms with Gasteiger partial charge in [-0.1, -0.05) is 0 Å². The zero-order chi connectivity index (χ0) is 18.5. The van der Waals surface area contributed by atoms with Crippen LogP contribution in [0, 0.1) is 5.92 Å². The zero-order valence-electron chi connectivity index (χ0n) is 16.7. The van der Waals surface area contributed by atoms with Crippen molar-refractivity contribution >= 4 is 5.91 Å². The van der Waals surface area contributed by atoms with Gasteiger partial charge in [0.1, 0.15) is 5.82 Å². The average Bonchev–Trinajstić information content (AvgIpc) is 3.09. The maximum absolute atomic E-state index is 12.8. The lowest BCUT2D eigenvalue weighted by molar-refractivity contribution is -0.138. The molecule has 0 aromatic carbocycles. The van der Waals surface area contributed by atoms with Crippen LogP contribution in [0.5, 0.6) is 0 Å². The smallest absolute Gasteiger partial charge is 0.226 e. The second-order valence-corrected chi connectivity index (χ2v) is 8.34. The molecule has 2 saturated heterocycles. The van der Waals surface area contributed by atoms with Gasteiger partial charge in [0.2, 0.25) is 5.91 Å². The van der Waals surface area contributed by atoms with Gasteiger partial charge in [-0.15, -0.1) is 0 Å². The third kappa shape index (κ3) is 4.86. The third-order valence-corrected chi connectivity index (χ3v) is 5.90. The minimum absolute atomic E-state index is 0.207. The number of carbonyl (C=O) groups excluding carboxylic acids is 1. The molecule has 6 heteroatoms. The Bertz CT molecular complexity index is 577. The predicted molar refractivity (Wildman–Crippen MR) is 104 cm³/mol. The van der Waals surface area contributed by atoms with E-state index in [9.17, 15) is 4.79 Å². The van der Waals surface area contributed by atoms with E-state index in [4.69, 9.17) is 0 Å². The summed E-state index contributed by atoms with van der Waals surface area (Å²) >= 11 is 0. The van der Waals surface area contributed by atoms with Crippen molar-refractivity contribution in [1.29, 1.82) is 0 Å². The first kappa shape index (κ1) is 19.4. The van der Waals surface area contributed by atoms with Crippen LogP contribution in [-0.2, 0) is 11.3 Å². The second-order valence-electron chi connectivity index (χ2n) is 8.34. The molecular weight excluding hydrogens is 326 g/mol. The standard InChI is InChI=1S/C20H35N5O/c1-22(2)10-5-12-24-15-9-21-19(24)17-7-13-25(14-8-17)20(26)18-6-4-11-23(3)16-18/h9,15,17-18H,4-8,10-14,16H2,1-3H3/t18-/m1/s1. The average molecular weight is 362 g/mol. The van der Waals surface area contributed by atoms with Crippen LogP contribution in [-0.4, -0.2) is 84.0 Å². The van der Waals surface area contributed by atoms with E-state index in [1.165, 1.54) is 5.82 Å². The van der Waals surface area contributed by atoms with Gasteiger partial charge in [0, 0.05) is 44.5 Å². The summed E-state index contributed by atoms with van der Waals surface area (Å²) < 4.78 is 2.32. The summed E-state index contributed by atoms with van der Waals surface area (Å²) in [6.45, 7) is 5.95. The number of amides is 1. The summed E-state index contributed by atoms with van der Waals surface area (Å²) in [6, 6.07) is 0. The minimum atomic E-state index is 0.207. The summed E-state index contributed by atoms with van der Waals surface area (Å²) in [6.07, 6.45) is 9.47. The van der Waals surface area contributed by atoms with Crippen molar-refractivity contribution in [3.8, 4) is 0 Å². The van der Waals surface area contributed by atoms with Crippen molar-refractivity contribution in [3.05, 3.63) is 18.2 Å². The Morgan fingerprint density at radius 1 is 1.23 bits per heavy atom. The van der Waals surface area contributed by atoms with Crippen LogP contribution in [0.25, 0.3) is 0 Å². The number of carbonyl (C=O) groups is 1. The van der Waals surface area contributed by atoms with Crippen LogP contribution in [0.4, 0.5) is 0 Å². The van der Waals surface area contributed by atoms with Crippen molar-refractivity contribution in [1.82, 2.24) is 24.3 Å². The van der Waals surface area contributed by atoms with Gasteiger partial charge in [-0.3, -0.25) is 4.79 Å². The largest absolute Gasteiger partial charge is 0.342 e. The number of likely N-dealkylation sites (tertiary alicyclic amines) is 2. The lowest BCUT2D eigenvalue weighted by Gasteiger charge is -2.36. The van der Waals surface area contributed by atoms with Gasteiger partial charge in [-0.05, 0) is 66.3 Å². The Labute approximate surface area is 158 Å². The first-order valence-electron chi connectivity index (χ1n) is 10.2. The third-order valence-electron chi connectivity index (χ3n) is 5.90. The van der Waals surface area contributed by atoms with Gasteiger partial charge in [0.15, 0.2) is 0 Å². The van der Waals surface area contributed by atoms with E-state index in [0.717, 1.165) is 71.4 Å². The van der Waals surface area contributed by atoms with Crippen LogP contribution >= 0.6 is 0 Å². The van der Waals surface area contributed by atoms with E-state index in [1.54, 1.807) is 0 Å². The van der Waals surface area contributed by atoms with Crippen LogP contribution in [0.3, 0.4) is 0 Å². The highest BCUT2D eigenvalue weighted by Gasteiger charge is 2.31. The van der Waals surface area contributed by atoms with Crippen LogP contribution in [0.15, 0.2) is 12.4 Å². The Balaban J connectivity index is 1.51. The number of nitrogens with zero attached hydrogens (tertiary/aromatic N) is 5. The zero-order valence-corrected chi connectivity index (χ0v) is 16.7. The summed E-state index contributed by atoms with van der Waals surface area (Å²) in [5.41, 5.74) is 0. The highest BCUT2D eigenvalue weighted by molar-refractivity contribution is 5.79. The number of piperidine rings is 2. The molecule has 0 saturated carbocycles. The monoisotopic (exact) mass is 361 g/mol. The molecule has 0 bridgehead atoms. The number of aryl methyl sites for hydroxylation is 1. The summed E-state index contributed by atoms with van der Waals surface area (Å²) in [5.74, 6) is 2.29. The summed E-state index contributed by atoms with van der Waals surface area (Å²) in [4.78, 5) is 24.1. The van der Waals surface area contributed by atoms with Crippen molar-refractivity contribution in [2.24, 2.45) is 5.92 Å². The van der Waals surface area contributed by atoms with Crippen molar-refractivity contribution in [2.75, 3.05) is 53.9 Å². The molecule has 0 unspecified atom stereocenters. The molecule has 26 heavy (non-hydrogen) atoms.